The van der Waals surface area contributed by atoms with Crippen LogP contribution in [0.25, 0.3) is 11.1 Å². The predicted molar refractivity (Wildman–Crippen MR) is 112 cm³/mol. The number of aliphatic hydroxyl groups excluding tert-OH is 2. The molecule has 0 bridgehead atoms. The quantitative estimate of drug-likeness (QED) is 0.340. The Bertz CT molecular complexity index is 766. The lowest BCUT2D eigenvalue weighted by atomic mass is 9.97. The van der Waals surface area contributed by atoms with Gasteiger partial charge >= 0.3 is 0 Å². The Balaban J connectivity index is 2.02. The molecule has 2 rings (SSSR count). The average Bonchev–Trinajstić information content (AvgIpc) is 2.67. The van der Waals surface area contributed by atoms with Crippen LogP contribution >= 0.6 is 0 Å². The molecule has 144 valence electrons. The molecule has 2 N–H and O–H groups in total. The number of benzene rings is 2. The van der Waals surface area contributed by atoms with Gasteiger partial charge in [-0.15, -0.1) is 0 Å². The minimum Gasteiger partial charge on any atom is -0.513 e. The van der Waals surface area contributed by atoms with E-state index in [2.05, 4.69) is 38.1 Å². The van der Waals surface area contributed by atoms with Gasteiger partial charge in [0.2, 0.25) is 6.29 Å². The molecule has 2 unspecified atom stereocenters. The van der Waals surface area contributed by atoms with E-state index in [4.69, 9.17) is 4.74 Å². The first-order valence-electron chi connectivity index (χ1n) is 9.47. The highest BCUT2D eigenvalue weighted by Gasteiger charge is 2.08. The molecule has 0 saturated heterocycles. The SMILES string of the molecule is CCC(C)Cc1ccc(-c2ccc(OC(O)/C(C)=C/C=C(\C)O)cc2)cc1. The van der Waals surface area contributed by atoms with E-state index < -0.39 is 6.29 Å². The van der Waals surface area contributed by atoms with E-state index in [1.165, 1.54) is 18.1 Å². The zero-order chi connectivity index (χ0) is 19.8. The summed E-state index contributed by atoms with van der Waals surface area (Å²) in [6.07, 6.45) is 4.41. The third-order valence-electron chi connectivity index (χ3n) is 4.65. The molecular weight excluding hydrogens is 336 g/mol. The maximum atomic E-state index is 10.1. The van der Waals surface area contributed by atoms with Crippen molar-refractivity contribution in [3.8, 4) is 16.9 Å². The molecule has 0 spiro atoms. The van der Waals surface area contributed by atoms with Crippen molar-refractivity contribution >= 4 is 0 Å². The summed E-state index contributed by atoms with van der Waals surface area (Å²) in [4.78, 5) is 0. The summed E-state index contributed by atoms with van der Waals surface area (Å²) in [6.45, 7) is 7.83. The van der Waals surface area contributed by atoms with E-state index >= 15 is 0 Å². The van der Waals surface area contributed by atoms with Crippen LogP contribution in [0.15, 0.2) is 72.0 Å². The summed E-state index contributed by atoms with van der Waals surface area (Å²) in [5.41, 5.74) is 4.25. The zero-order valence-corrected chi connectivity index (χ0v) is 16.6. The van der Waals surface area contributed by atoms with Crippen LogP contribution in [0, 0.1) is 5.92 Å². The van der Waals surface area contributed by atoms with Crippen LogP contribution in [0.4, 0.5) is 0 Å². The number of rotatable bonds is 8. The zero-order valence-electron chi connectivity index (χ0n) is 16.6. The molecule has 0 fully saturated rings. The lowest BCUT2D eigenvalue weighted by Crippen LogP contribution is -2.16. The van der Waals surface area contributed by atoms with Gasteiger partial charge in [-0.3, -0.25) is 0 Å². The van der Waals surface area contributed by atoms with E-state index in [0.29, 0.717) is 17.2 Å². The van der Waals surface area contributed by atoms with Gasteiger partial charge in [-0.2, -0.15) is 0 Å². The highest BCUT2D eigenvalue weighted by atomic mass is 16.6. The van der Waals surface area contributed by atoms with E-state index in [1.807, 2.05) is 24.3 Å². The van der Waals surface area contributed by atoms with Gasteiger partial charge in [-0.1, -0.05) is 62.7 Å². The summed E-state index contributed by atoms with van der Waals surface area (Å²) in [5.74, 6) is 1.48. The van der Waals surface area contributed by atoms with Crippen LogP contribution in [0.3, 0.4) is 0 Å². The van der Waals surface area contributed by atoms with Crippen LogP contribution in [-0.4, -0.2) is 16.5 Å². The molecular formula is C24H30O3. The molecule has 0 amide bonds. The molecule has 0 saturated carbocycles. The first kappa shape index (κ1) is 20.8. The Morgan fingerprint density at radius 2 is 1.52 bits per heavy atom. The van der Waals surface area contributed by atoms with Crippen LogP contribution in [0.2, 0.25) is 0 Å². The van der Waals surface area contributed by atoms with Crippen molar-refractivity contribution in [3.63, 3.8) is 0 Å². The van der Waals surface area contributed by atoms with Crippen molar-refractivity contribution in [2.45, 2.75) is 46.8 Å². The Kier molecular flexibility index (Phi) is 7.68. The summed E-state index contributed by atoms with van der Waals surface area (Å²) >= 11 is 0. The van der Waals surface area contributed by atoms with Gasteiger partial charge in [0.1, 0.15) is 5.75 Å². The fourth-order valence-corrected chi connectivity index (χ4v) is 2.66. The number of aliphatic hydroxyl groups is 2. The van der Waals surface area contributed by atoms with Crippen molar-refractivity contribution in [1.29, 1.82) is 0 Å². The maximum absolute atomic E-state index is 10.1. The highest BCUT2D eigenvalue weighted by Crippen LogP contribution is 2.24. The van der Waals surface area contributed by atoms with Gasteiger partial charge in [-0.05, 0) is 66.7 Å². The van der Waals surface area contributed by atoms with Gasteiger partial charge < -0.3 is 14.9 Å². The third-order valence-corrected chi connectivity index (χ3v) is 4.65. The van der Waals surface area contributed by atoms with Crippen molar-refractivity contribution < 1.29 is 14.9 Å². The second kappa shape index (κ2) is 9.98. The molecule has 0 aromatic heterocycles. The Morgan fingerprint density at radius 3 is 2.04 bits per heavy atom. The third kappa shape index (κ3) is 6.61. The second-order valence-electron chi connectivity index (χ2n) is 7.13. The molecule has 0 aliphatic carbocycles. The first-order valence-corrected chi connectivity index (χ1v) is 9.47. The second-order valence-corrected chi connectivity index (χ2v) is 7.13. The maximum Gasteiger partial charge on any atom is 0.220 e. The van der Waals surface area contributed by atoms with E-state index in [1.54, 1.807) is 19.9 Å². The molecule has 3 heteroatoms. The summed E-state index contributed by atoms with van der Waals surface area (Å²) < 4.78 is 5.55. The number of allylic oxidation sites excluding steroid dienone is 3. The molecule has 0 radical (unpaired) electrons. The minimum absolute atomic E-state index is 0.182. The topological polar surface area (TPSA) is 49.7 Å². The van der Waals surface area contributed by atoms with Crippen molar-refractivity contribution in [2.75, 3.05) is 0 Å². The fraction of sp³-hybridized carbons (Fsp3) is 0.333. The molecule has 0 aliphatic heterocycles. The van der Waals surface area contributed by atoms with Crippen molar-refractivity contribution in [1.82, 2.24) is 0 Å². The van der Waals surface area contributed by atoms with Crippen LogP contribution in [0.1, 0.15) is 39.7 Å². The van der Waals surface area contributed by atoms with E-state index in [0.717, 1.165) is 17.5 Å². The Labute approximate surface area is 162 Å². The molecule has 2 aromatic rings. The standard InChI is InChI=1S/C24H30O3/c1-5-17(2)16-20-8-10-21(11-9-20)22-12-14-23(15-13-22)27-24(26)18(3)6-7-19(4)25/h6-15,17,24-26H,5,16H2,1-4H3/b18-6+,19-7+. The molecule has 0 aliphatic rings. The molecule has 0 heterocycles. The lowest BCUT2D eigenvalue weighted by Gasteiger charge is -2.14. The molecule has 27 heavy (non-hydrogen) atoms. The van der Waals surface area contributed by atoms with Gasteiger partial charge in [0.25, 0.3) is 0 Å². The Hall–Kier alpha value is -2.52. The van der Waals surface area contributed by atoms with E-state index in [-0.39, 0.29) is 5.76 Å². The highest BCUT2D eigenvalue weighted by molar-refractivity contribution is 5.64. The monoisotopic (exact) mass is 366 g/mol. The molecule has 2 aromatic carbocycles. The van der Waals surface area contributed by atoms with Crippen LogP contribution in [0.5, 0.6) is 5.75 Å². The van der Waals surface area contributed by atoms with Gasteiger partial charge in [0, 0.05) is 0 Å². The van der Waals surface area contributed by atoms with Crippen LogP contribution < -0.4 is 4.74 Å². The normalized spacial score (nSPS) is 14.7. The van der Waals surface area contributed by atoms with E-state index in [9.17, 15) is 10.2 Å². The average molecular weight is 367 g/mol. The van der Waals surface area contributed by atoms with Crippen molar-refractivity contribution in [3.05, 3.63) is 77.6 Å². The van der Waals surface area contributed by atoms with Gasteiger partial charge in [0.05, 0.1) is 5.76 Å². The largest absolute Gasteiger partial charge is 0.513 e. The van der Waals surface area contributed by atoms with Crippen LogP contribution in [-0.2, 0) is 6.42 Å². The number of ether oxygens (including phenoxy) is 1. The predicted octanol–water partition coefficient (Wildman–Crippen LogP) is 6.05. The lowest BCUT2D eigenvalue weighted by molar-refractivity contribution is 0.0147. The minimum atomic E-state index is -1.05. The molecule has 2 atom stereocenters. The Morgan fingerprint density at radius 1 is 0.963 bits per heavy atom. The summed E-state index contributed by atoms with van der Waals surface area (Å²) in [7, 11) is 0. The fourth-order valence-electron chi connectivity index (χ4n) is 2.66. The summed E-state index contributed by atoms with van der Waals surface area (Å²) in [5, 5.41) is 19.3. The number of hydrogen-bond donors (Lipinski definition) is 2. The molecule has 3 nitrogen and oxygen atoms in total. The first-order chi connectivity index (χ1) is 12.9. The van der Waals surface area contributed by atoms with Gasteiger partial charge in [0.15, 0.2) is 0 Å². The number of hydrogen-bond acceptors (Lipinski definition) is 3. The smallest absolute Gasteiger partial charge is 0.220 e. The van der Waals surface area contributed by atoms with Gasteiger partial charge in [-0.25, -0.2) is 0 Å². The van der Waals surface area contributed by atoms with Crippen molar-refractivity contribution in [2.24, 2.45) is 5.92 Å². The summed E-state index contributed by atoms with van der Waals surface area (Å²) in [6, 6.07) is 16.4.